The summed E-state index contributed by atoms with van der Waals surface area (Å²) in [5, 5.41) is 12.3. The molecule has 6 bridgehead atoms. The molecule has 3 heterocycles. The van der Waals surface area contributed by atoms with Gasteiger partial charge in [-0.05, 0) is 48.7 Å². The largest absolute Gasteiger partial charge is 0.493 e. The minimum atomic E-state index is -0.311. The molecule has 0 radical (unpaired) electrons. The molecule has 2 amide bonds. The van der Waals surface area contributed by atoms with Crippen LogP contribution in [0.3, 0.4) is 0 Å². The van der Waals surface area contributed by atoms with Gasteiger partial charge in [-0.25, -0.2) is 9.97 Å². The average molecular weight is 535 g/mol. The van der Waals surface area contributed by atoms with Crippen LogP contribution >= 0.6 is 0 Å². The van der Waals surface area contributed by atoms with Gasteiger partial charge in [0.2, 0.25) is 5.91 Å². The zero-order valence-corrected chi connectivity index (χ0v) is 22.3. The van der Waals surface area contributed by atoms with Crippen molar-refractivity contribution >= 4 is 34.8 Å². The van der Waals surface area contributed by atoms with Crippen molar-refractivity contribution in [1.29, 1.82) is 0 Å². The van der Waals surface area contributed by atoms with Crippen molar-refractivity contribution in [2.75, 3.05) is 37.5 Å². The first-order chi connectivity index (χ1) is 18.9. The maximum atomic E-state index is 12.6. The highest BCUT2D eigenvalue weighted by atomic mass is 16.5. The predicted octanol–water partition coefficient (Wildman–Crippen LogP) is 3.78. The summed E-state index contributed by atoms with van der Waals surface area (Å²) in [6.07, 6.45) is 2.28. The second-order valence-corrected chi connectivity index (χ2v) is 9.51. The number of carbonyl (C=O) groups excluding carboxylic acids is 2. The van der Waals surface area contributed by atoms with E-state index in [9.17, 15) is 9.59 Å². The van der Waals surface area contributed by atoms with Crippen molar-refractivity contribution in [2.45, 2.75) is 32.7 Å². The van der Waals surface area contributed by atoms with Crippen molar-refractivity contribution in [3.8, 4) is 17.2 Å². The number of methoxy groups -OCH3 is 1. The molecule has 0 aliphatic carbocycles. The third-order valence-corrected chi connectivity index (χ3v) is 5.83. The third-order valence-electron chi connectivity index (χ3n) is 5.83. The summed E-state index contributed by atoms with van der Waals surface area (Å²) < 4.78 is 17.0. The van der Waals surface area contributed by atoms with Crippen LogP contribution in [-0.4, -0.2) is 54.7 Å². The molecule has 4 N–H and O–H groups in total. The maximum Gasteiger partial charge on any atom is 0.258 e. The van der Waals surface area contributed by atoms with Gasteiger partial charge in [-0.2, -0.15) is 0 Å². The van der Waals surface area contributed by atoms with E-state index in [4.69, 9.17) is 14.2 Å². The Balaban J connectivity index is 1.55. The van der Waals surface area contributed by atoms with E-state index in [1.165, 1.54) is 6.33 Å². The first kappa shape index (κ1) is 27.5. The molecule has 1 atom stereocenters. The van der Waals surface area contributed by atoms with E-state index in [2.05, 4.69) is 31.2 Å². The van der Waals surface area contributed by atoms with Gasteiger partial charge in [-0.3, -0.25) is 9.59 Å². The molecule has 0 saturated heterocycles. The zero-order chi connectivity index (χ0) is 27.6. The molecule has 3 aromatic rings. The quantitative estimate of drug-likeness (QED) is 0.396. The minimum absolute atomic E-state index is 0.155. The van der Waals surface area contributed by atoms with E-state index in [0.29, 0.717) is 47.8 Å². The fourth-order valence-corrected chi connectivity index (χ4v) is 4.12. The van der Waals surface area contributed by atoms with Crippen LogP contribution in [0.5, 0.6) is 17.2 Å². The average Bonchev–Trinajstić information content (AvgIpc) is 2.90. The van der Waals surface area contributed by atoms with Gasteiger partial charge in [0.25, 0.3) is 5.91 Å². The molecule has 1 unspecified atom stereocenters. The van der Waals surface area contributed by atoms with Crippen LogP contribution in [0, 0.1) is 5.92 Å². The number of benzene rings is 2. The van der Waals surface area contributed by atoms with Crippen molar-refractivity contribution < 1.29 is 23.8 Å². The molecule has 0 spiro atoms. The van der Waals surface area contributed by atoms with E-state index >= 15 is 0 Å². The number of fused-ring (bicyclic) bond motifs is 12. The number of nitrogens with zero attached hydrogens (tertiary/aromatic N) is 2. The van der Waals surface area contributed by atoms with Gasteiger partial charge in [0.15, 0.2) is 18.1 Å². The summed E-state index contributed by atoms with van der Waals surface area (Å²) in [6.45, 7) is 4.47. The smallest absolute Gasteiger partial charge is 0.258 e. The molecule has 0 saturated carbocycles. The normalized spacial score (nSPS) is 16.6. The maximum absolute atomic E-state index is 12.6. The number of hydrogen-bond donors (Lipinski definition) is 4. The molecule has 2 aromatic carbocycles. The van der Waals surface area contributed by atoms with Crippen LogP contribution in [0.1, 0.15) is 26.7 Å². The summed E-state index contributed by atoms with van der Waals surface area (Å²) in [6, 6.07) is 14.1. The van der Waals surface area contributed by atoms with Gasteiger partial charge in [0.05, 0.1) is 13.7 Å². The Morgan fingerprint density at radius 1 is 0.949 bits per heavy atom. The molecule has 5 rings (SSSR count). The van der Waals surface area contributed by atoms with Gasteiger partial charge in [0.1, 0.15) is 30.3 Å². The van der Waals surface area contributed by atoms with Gasteiger partial charge in [0, 0.05) is 36.0 Å². The highest BCUT2D eigenvalue weighted by Gasteiger charge is 2.18. The summed E-state index contributed by atoms with van der Waals surface area (Å²) in [4.78, 5) is 33.8. The molecular weight excluding hydrogens is 500 g/mol. The molecule has 206 valence electrons. The number of aromatic nitrogens is 2. The lowest BCUT2D eigenvalue weighted by atomic mass is 10.0. The molecule has 2 aliphatic heterocycles. The Bertz CT molecular complexity index is 1270. The molecule has 2 aliphatic rings. The Kier molecular flexibility index (Phi) is 9.39. The number of amides is 2. The van der Waals surface area contributed by atoms with Crippen molar-refractivity contribution in [2.24, 2.45) is 5.92 Å². The van der Waals surface area contributed by atoms with Gasteiger partial charge >= 0.3 is 0 Å². The second-order valence-electron chi connectivity index (χ2n) is 9.51. The number of carbonyl (C=O) groups is 2. The Morgan fingerprint density at radius 3 is 2.38 bits per heavy atom. The van der Waals surface area contributed by atoms with Gasteiger partial charge < -0.3 is 35.5 Å². The highest BCUT2D eigenvalue weighted by molar-refractivity contribution is 5.80. The molecule has 11 nitrogen and oxygen atoms in total. The van der Waals surface area contributed by atoms with Crippen LogP contribution in [0.2, 0.25) is 0 Å². The molecular formula is C28H34N6O5. The number of rotatable bonds is 3. The van der Waals surface area contributed by atoms with Crippen LogP contribution < -0.4 is 35.5 Å². The first-order valence-corrected chi connectivity index (χ1v) is 12.8. The Hall–Kier alpha value is -4.54. The van der Waals surface area contributed by atoms with E-state index in [0.717, 1.165) is 11.4 Å². The number of nitrogens with one attached hydrogen (secondary N) is 4. The third kappa shape index (κ3) is 8.49. The van der Waals surface area contributed by atoms with E-state index < -0.39 is 0 Å². The lowest BCUT2D eigenvalue weighted by molar-refractivity contribution is -0.125. The number of anilines is 4. The molecule has 11 heteroatoms. The summed E-state index contributed by atoms with van der Waals surface area (Å²) in [7, 11) is 1.57. The van der Waals surface area contributed by atoms with Crippen LogP contribution in [0.25, 0.3) is 0 Å². The summed E-state index contributed by atoms with van der Waals surface area (Å²) in [5.74, 6) is 2.65. The second kappa shape index (κ2) is 13.3. The SMILES string of the molecule is COc1ccc2cc1OCCNC(=O)CC(CC(C)C)NC(=O)COc1ccc(cc1)Nc1cc(ncn1)N2. The molecule has 1 aromatic heterocycles. The van der Waals surface area contributed by atoms with Gasteiger partial charge in [-0.1, -0.05) is 13.8 Å². The summed E-state index contributed by atoms with van der Waals surface area (Å²) >= 11 is 0. The lowest BCUT2D eigenvalue weighted by Gasteiger charge is -2.20. The fourth-order valence-electron chi connectivity index (χ4n) is 4.12. The first-order valence-electron chi connectivity index (χ1n) is 12.8. The van der Waals surface area contributed by atoms with Crippen LogP contribution in [-0.2, 0) is 9.59 Å². The van der Waals surface area contributed by atoms with Crippen LogP contribution in [0.15, 0.2) is 54.9 Å². The summed E-state index contributed by atoms with van der Waals surface area (Å²) in [5.41, 5.74) is 1.53. The minimum Gasteiger partial charge on any atom is -0.493 e. The monoisotopic (exact) mass is 534 g/mol. The molecule has 39 heavy (non-hydrogen) atoms. The number of ether oxygens (including phenoxy) is 3. The van der Waals surface area contributed by atoms with E-state index in [1.54, 1.807) is 37.4 Å². The fraction of sp³-hybridized carbons (Fsp3) is 0.357. The van der Waals surface area contributed by atoms with Crippen molar-refractivity contribution in [3.63, 3.8) is 0 Å². The predicted molar refractivity (Wildman–Crippen MR) is 148 cm³/mol. The van der Waals surface area contributed by atoms with E-state index in [-0.39, 0.29) is 37.5 Å². The van der Waals surface area contributed by atoms with E-state index in [1.807, 2.05) is 32.0 Å². The molecule has 0 fully saturated rings. The Labute approximate surface area is 227 Å². The Morgan fingerprint density at radius 2 is 1.67 bits per heavy atom. The highest BCUT2D eigenvalue weighted by Crippen LogP contribution is 2.31. The topological polar surface area (TPSA) is 136 Å². The van der Waals surface area contributed by atoms with Gasteiger partial charge in [-0.15, -0.1) is 0 Å². The standard InChI is InChI=1S/C28H34N6O5/c1-18(2)12-21-14-27(35)29-10-11-38-24-13-20(6-9-23(24)37-3)33-26-15-25(30-17-31-26)32-19-4-7-22(8-5-19)39-16-28(36)34-21/h4-9,13,15,17-18,21H,10-12,14,16H2,1-3H3,(H,29,35)(H,34,36)(H2,30,31,32,33). The van der Waals surface area contributed by atoms with Crippen LogP contribution in [0.4, 0.5) is 23.0 Å². The van der Waals surface area contributed by atoms with Crippen molar-refractivity contribution in [1.82, 2.24) is 20.6 Å². The van der Waals surface area contributed by atoms with Crippen molar-refractivity contribution in [3.05, 3.63) is 54.9 Å². The number of hydrogen-bond acceptors (Lipinski definition) is 9. The zero-order valence-electron chi connectivity index (χ0n) is 22.3. The lowest BCUT2D eigenvalue weighted by Crippen LogP contribution is -2.42.